The third-order valence-corrected chi connectivity index (χ3v) is 4.78. The molecule has 4 nitrogen and oxygen atoms in total. The van der Waals surface area contributed by atoms with Crippen molar-refractivity contribution < 1.29 is 18.0 Å². The lowest BCUT2D eigenvalue weighted by atomic mass is 10.1. The molecule has 3 aromatic rings. The van der Waals surface area contributed by atoms with E-state index in [0.29, 0.717) is 5.16 Å². The maximum Gasteiger partial charge on any atom is 0.418 e. The molecule has 8 heteroatoms. The molecule has 1 aromatic heterocycles. The van der Waals surface area contributed by atoms with Crippen LogP contribution in [0.3, 0.4) is 0 Å². The van der Waals surface area contributed by atoms with Gasteiger partial charge in [-0.25, -0.2) is 4.98 Å². The maximum absolute atomic E-state index is 13.0. The van der Waals surface area contributed by atoms with Gasteiger partial charge in [0.15, 0.2) is 5.16 Å². The summed E-state index contributed by atoms with van der Waals surface area (Å²) in [5, 5.41) is 2.23. The van der Waals surface area contributed by atoms with Gasteiger partial charge in [-0.15, -0.1) is 0 Å². The molecular weight excluding hydrogens is 375 g/mol. The number of aromatic nitrogens is 2. The van der Waals surface area contributed by atoms with E-state index in [1.54, 1.807) is 13.1 Å². The van der Waals surface area contributed by atoms with E-state index in [1.165, 1.54) is 18.2 Å². The van der Waals surface area contributed by atoms with Gasteiger partial charge in [0.05, 0.1) is 28.4 Å². The summed E-state index contributed by atoms with van der Waals surface area (Å²) in [5.74, 6) is -0.533. The molecule has 0 spiro atoms. The summed E-state index contributed by atoms with van der Waals surface area (Å²) in [6.45, 7) is 1.61. The van der Waals surface area contributed by atoms with Gasteiger partial charge >= 0.3 is 6.18 Å². The average Bonchev–Trinajstić information content (AvgIpc) is 3.10. The fourth-order valence-electron chi connectivity index (χ4n) is 2.42. The number of rotatable bonds is 5. The van der Waals surface area contributed by atoms with Crippen LogP contribution in [-0.2, 0) is 11.0 Å². The number of para-hydroxylation sites is 1. The minimum atomic E-state index is -4.54. The average molecular weight is 391 g/mol. The van der Waals surface area contributed by atoms with Gasteiger partial charge in [-0.2, -0.15) is 13.2 Å². The van der Waals surface area contributed by atoms with Crippen LogP contribution in [0.25, 0.3) is 11.3 Å². The van der Waals surface area contributed by atoms with Crippen LogP contribution in [0.1, 0.15) is 12.5 Å². The van der Waals surface area contributed by atoms with Crippen molar-refractivity contribution in [2.24, 2.45) is 0 Å². The number of halogens is 3. The van der Waals surface area contributed by atoms with Crippen molar-refractivity contribution in [3.05, 3.63) is 66.4 Å². The van der Waals surface area contributed by atoms with E-state index in [0.717, 1.165) is 29.1 Å². The molecule has 27 heavy (non-hydrogen) atoms. The molecule has 0 bridgehead atoms. The Kier molecular flexibility index (Phi) is 5.55. The third kappa shape index (κ3) is 4.71. The van der Waals surface area contributed by atoms with E-state index < -0.39 is 22.9 Å². The summed E-state index contributed by atoms with van der Waals surface area (Å²) >= 11 is 1.14. The number of carbonyl (C=O) groups is 1. The van der Waals surface area contributed by atoms with Gasteiger partial charge in [-0.05, 0) is 24.6 Å². The Morgan fingerprint density at radius 2 is 1.78 bits per heavy atom. The number of nitrogens with zero attached hydrogens (tertiary/aromatic N) is 1. The molecule has 2 aromatic carbocycles. The van der Waals surface area contributed by atoms with Crippen LogP contribution in [0.15, 0.2) is 66.0 Å². The van der Waals surface area contributed by atoms with Gasteiger partial charge in [-0.3, -0.25) is 4.79 Å². The van der Waals surface area contributed by atoms with E-state index in [1.807, 2.05) is 30.3 Å². The van der Waals surface area contributed by atoms with E-state index in [2.05, 4.69) is 15.3 Å². The summed E-state index contributed by atoms with van der Waals surface area (Å²) < 4.78 is 39.1. The number of nitrogens with one attached hydrogen (secondary N) is 2. The second kappa shape index (κ2) is 7.87. The van der Waals surface area contributed by atoms with Crippen molar-refractivity contribution in [2.45, 2.75) is 23.5 Å². The lowest BCUT2D eigenvalue weighted by molar-refractivity contribution is -0.137. The number of hydrogen-bond acceptors (Lipinski definition) is 3. The fourth-order valence-corrected chi connectivity index (χ4v) is 3.21. The first-order valence-electron chi connectivity index (χ1n) is 8.09. The van der Waals surface area contributed by atoms with Crippen LogP contribution >= 0.6 is 11.8 Å². The summed E-state index contributed by atoms with van der Waals surface area (Å²) in [6.07, 6.45) is -2.88. The standard InChI is InChI=1S/C19H16F3N3OS/c1-12(17(26)24-15-10-6-5-9-14(15)19(20,21)22)27-18-23-11-16(25-18)13-7-3-2-4-8-13/h2-12H,1H3,(H,23,25)(H,24,26)/t12-/m0/s1. The van der Waals surface area contributed by atoms with E-state index >= 15 is 0 Å². The Balaban J connectivity index is 1.68. The van der Waals surface area contributed by atoms with Gasteiger partial charge in [0.1, 0.15) is 0 Å². The lowest BCUT2D eigenvalue weighted by Gasteiger charge is -2.15. The summed E-state index contributed by atoms with van der Waals surface area (Å²) in [6, 6.07) is 14.4. The minimum absolute atomic E-state index is 0.258. The van der Waals surface area contributed by atoms with Crippen molar-refractivity contribution in [2.75, 3.05) is 5.32 Å². The second-order valence-electron chi connectivity index (χ2n) is 5.76. The first-order chi connectivity index (χ1) is 12.8. The molecule has 0 aliphatic heterocycles. The SMILES string of the molecule is C[C@H](Sc1ncc(-c2ccccc2)[nH]1)C(=O)Nc1ccccc1C(F)(F)F. The highest BCUT2D eigenvalue weighted by atomic mass is 32.2. The summed E-state index contributed by atoms with van der Waals surface area (Å²) in [7, 11) is 0. The molecule has 0 aliphatic carbocycles. The zero-order chi connectivity index (χ0) is 19.4. The van der Waals surface area contributed by atoms with Crippen molar-refractivity contribution in [1.82, 2.24) is 9.97 Å². The number of benzene rings is 2. The van der Waals surface area contributed by atoms with Gasteiger partial charge in [0, 0.05) is 0 Å². The normalized spacial score (nSPS) is 12.6. The first-order valence-corrected chi connectivity index (χ1v) is 8.97. The largest absolute Gasteiger partial charge is 0.418 e. The van der Waals surface area contributed by atoms with Gasteiger partial charge < -0.3 is 10.3 Å². The molecule has 0 aliphatic rings. The molecule has 1 heterocycles. The number of alkyl halides is 3. The molecule has 0 fully saturated rings. The smallest absolute Gasteiger partial charge is 0.333 e. The van der Waals surface area contributed by atoms with Crippen LogP contribution in [0.2, 0.25) is 0 Å². The third-order valence-electron chi connectivity index (χ3n) is 3.79. The Hall–Kier alpha value is -2.74. The number of amides is 1. The van der Waals surface area contributed by atoms with Gasteiger partial charge in [0.25, 0.3) is 0 Å². The van der Waals surface area contributed by atoms with Crippen molar-refractivity contribution >= 4 is 23.4 Å². The summed E-state index contributed by atoms with van der Waals surface area (Å²) in [4.78, 5) is 19.7. The predicted octanol–water partition coefficient (Wildman–Crippen LogP) is 5.21. The van der Waals surface area contributed by atoms with Crippen molar-refractivity contribution in [3.63, 3.8) is 0 Å². The molecular formula is C19H16F3N3OS. The highest BCUT2D eigenvalue weighted by Crippen LogP contribution is 2.35. The molecule has 140 valence electrons. The van der Waals surface area contributed by atoms with Crippen LogP contribution < -0.4 is 5.32 Å². The van der Waals surface area contributed by atoms with Crippen LogP contribution in [-0.4, -0.2) is 21.1 Å². The predicted molar refractivity (Wildman–Crippen MR) is 99.4 cm³/mol. The van der Waals surface area contributed by atoms with Gasteiger partial charge in [0.2, 0.25) is 5.91 Å². The first kappa shape index (κ1) is 19.0. The van der Waals surface area contributed by atoms with E-state index in [9.17, 15) is 18.0 Å². The van der Waals surface area contributed by atoms with Crippen LogP contribution in [0.5, 0.6) is 0 Å². The zero-order valence-corrected chi connectivity index (χ0v) is 15.1. The number of aromatic amines is 1. The molecule has 0 saturated carbocycles. The number of H-pyrrole nitrogens is 1. The molecule has 1 atom stereocenters. The van der Waals surface area contributed by atoms with Crippen molar-refractivity contribution in [3.8, 4) is 11.3 Å². The van der Waals surface area contributed by atoms with E-state index in [4.69, 9.17) is 0 Å². The molecule has 2 N–H and O–H groups in total. The Morgan fingerprint density at radius 3 is 2.48 bits per heavy atom. The molecule has 1 amide bonds. The number of carbonyl (C=O) groups excluding carboxylic acids is 1. The minimum Gasteiger partial charge on any atom is -0.333 e. The highest BCUT2D eigenvalue weighted by molar-refractivity contribution is 8.00. The number of thioether (sulfide) groups is 1. The fraction of sp³-hybridized carbons (Fsp3) is 0.158. The summed E-state index contributed by atoms with van der Waals surface area (Å²) in [5.41, 5.74) is 0.618. The molecule has 0 unspecified atom stereocenters. The molecule has 0 saturated heterocycles. The van der Waals surface area contributed by atoms with Crippen LogP contribution in [0, 0.1) is 0 Å². The molecule has 0 radical (unpaired) electrons. The van der Waals surface area contributed by atoms with E-state index in [-0.39, 0.29) is 5.69 Å². The van der Waals surface area contributed by atoms with Crippen molar-refractivity contribution in [1.29, 1.82) is 0 Å². The Bertz CT molecular complexity index is 925. The number of imidazole rings is 1. The second-order valence-corrected chi connectivity index (χ2v) is 7.09. The van der Waals surface area contributed by atoms with Crippen LogP contribution in [0.4, 0.5) is 18.9 Å². The lowest BCUT2D eigenvalue weighted by Crippen LogP contribution is -2.24. The zero-order valence-electron chi connectivity index (χ0n) is 14.2. The Morgan fingerprint density at radius 1 is 1.11 bits per heavy atom. The maximum atomic E-state index is 13.0. The monoisotopic (exact) mass is 391 g/mol. The topological polar surface area (TPSA) is 57.8 Å². The number of hydrogen-bond donors (Lipinski definition) is 2. The quantitative estimate of drug-likeness (QED) is 0.587. The Labute approximate surface area is 158 Å². The number of anilines is 1. The molecule has 3 rings (SSSR count). The van der Waals surface area contributed by atoms with Gasteiger partial charge in [-0.1, -0.05) is 54.2 Å². The highest BCUT2D eigenvalue weighted by Gasteiger charge is 2.34.